The maximum Gasteiger partial charge on any atom is 0.253 e. The predicted octanol–water partition coefficient (Wildman–Crippen LogP) is 5.31. The second kappa shape index (κ2) is 12.8. The Morgan fingerprint density at radius 3 is 2.54 bits per heavy atom. The first-order valence-electron chi connectivity index (χ1n) is 11.0. The van der Waals surface area contributed by atoms with Crippen molar-refractivity contribution in [1.29, 1.82) is 0 Å². The molecule has 35 heavy (non-hydrogen) atoms. The number of benzene rings is 2. The van der Waals surface area contributed by atoms with Gasteiger partial charge in [0.2, 0.25) is 5.91 Å². The van der Waals surface area contributed by atoms with Crippen LogP contribution in [0.3, 0.4) is 0 Å². The topological polar surface area (TPSA) is 88.9 Å². The number of halogens is 2. The summed E-state index contributed by atoms with van der Waals surface area (Å²) in [6.07, 6.45) is 1.72. The minimum absolute atomic E-state index is 0.00446. The molecule has 1 atom stereocenters. The summed E-state index contributed by atoms with van der Waals surface area (Å²) in [5.41, 5.74) is 1.35. The number of hydrogen-bond donors (Lipinski definition) is 2. The second-order valence-electron chi connectivity index (χ2n) is 8.11. The number of carbonyl (C=O) groups excluding carboxylic acids is 2. The molecule has 3 aromatic rings. The molecule has 7 nitrogen and oxygen atoms in total. The predicted molar refractivity (Wildman–Crippen MR) is 141 cm³/mol. The molecule has 0 fully saturated rings. The number of rotatable bonds is 11. The highest BCUT2D eigenvalue weighted by Gasteiger charge is 2.27. The van der Waals surface area contributed by atoms with E-state index < -0.39 is 6.04 Å². The van der Waals surface area contributed by atoms with Crippen LogP contribution in [0.1, 0.15) is 41.6 Å². The van der Waals surface area contributed by atoms with Crippen LogP contribution in [0.5, 0.6) is 0 Å². The number of amides is 2. The van der Waals surface area contributed by atoms with Crippen molar-refractivity contribution in [2.75, 3.05) is 5.75 Å². The standard InChI is InChI=1S/C25H27Cl2N5O2S/c1-4-12-32-23(22(16(2)3)29-24(34)19-11-10-18(26)13-20(19)27)30-31-25(32)35-15-21(33)28-14-17-8-6-5-7-9-17/h4-11,13,16,22H,1,12,14-15H2,2-3H3,(H,28,33)(H,29,34)/t22-/m1/s1. The molecule has 1 aromatic heterocycles. The van der Waals surface area contributed by atoms with Crippen molar-refractivity contribution in [3.8, 4) is 0 Å². The third-order valence-corrected chi connectivity index (χ3v) is 6.64. The Balaban J connectivity index is 1.72. The van der Waals surface area contributed by atoms with Gasteiger partial charge < -0.3 is 15.2 Å². The van der Waals surface area contributed by atoms with Gasteiger partial charge in [0.05, 0.1) is 22.4 Å². The lowest BCUT2D eigenvalue weighted by Crippen LogP contribution is -2.34. The van der Waals surface area contributed by atoms with Crippen molar-refractivity contribution in [3.63, 3.8) is 0 Å². The van der Waals surface area contributed by atoms with E-state index in [1.165, 1.54) is 17.8 Å². The molecule has 2 N–H and O–H groups in total. The van der Waals surface area contributed by atoms with E-state index in [9.17, 15) is 9.59 Å². The Hall–Kier alpha value is -2.81. The van der Waals surface area contributed by atoms with E-state index in [-0.39, 0.29) is 28.5 Å². The van der Waals surface area contributed by atoms with Gasteiger partial charge in [-0.1, -0.05) is 85.2 Å². The van der Waals surface area contributed by atoms with Crippen molar-refractivity contribution in [1.82, 2.24) is 25.4 Å². The molecule has 3 rings (SSSR count). The number of nitrogens with zero attached hydrogens (tertiary/aromatic N) is 3. The van der Waals surface area contributed by atoms with Crippen molar-refractivity contribution in [2.24, 2.45) is 5.92 Å². The van der Waals surface area contributed by atoms with Gasteiger partial charge >= 0.3 is 0 Å². The molecule has 0 saturated heterocycles. The molecular formula is C25H27Cl2N5O2S. The summed E-state index contributed by atoms with van der Waals surface area (Å²) < 4.78 is 1.86. The summed E-state index contributed by atoms with van der Waals surface area (Å²) in [4.78, 5) is 25.3. The first-order valence-corrected chi connectivity index (χ1v) is 12.8. The molecule has 184 valence electrons. The number of allylic oxidation sites excluding steroid dienone is 1. The Morgan fingerprint density at radius 1 is 1.14 bits per heavy atom. The Labute approximate surface area is 219 Å². The fourth-order valence-electron chi connectivity index (χ4n) is 3.34. The third kappa shape index (κ3) is 7.34. The normalized spacial score (nSPS) is 11.8. The molecule has 0 spiro atoms. The number of thioether (sulfide) groups is 1. The van der Waals surface area contributed by atoms with Crippen molar-refractivity contribution in [3.05, 3.63) is 88.2 Å². The molecule has 10 heteroatoms. The van der Waals surface area contributed by atoms with Crippen molar-refractivity contribution >= 4 is 46.8 Å². The maximum atomic E-state index is 13.0. The first kappa shape index (κ1) is 26.8. The minimum Gasteiger partial charge on any atom is -0.351 e. The van der Waals surface area contributed by atoms with Gasteiger partial charge in [0, 0.05) is 18.1 Å². The van der Waals surface area contributed by atoms with Crippen LogP contribution < -0.4 is 10.6 Å². The highest BCUT2D eigenvalue weighted by atomic mass is 35.5. The zero-order chi connectivity index (χ0) is 25.4. The molecule has 2 amide bonds. The van der Waals surface area contributed by atoms with Gasteiger partial charge in [-0.15, -0.1) is 16.8 Å². The van der Waals surface area contributed by atoms with Gasteiger partial charge in [0.25, 0.3) is 5.91 Å². The lowest BCUT2D eigenvalue weighted by atomic mass is 10.0. The van der Waals surface area contributed by atoms with Gasteiger partial charge in [-0.2, -0.15) is 0 Å². The molecule has 0 saturated carbocycles. The molecule has 0 aliphatic heterocycles. The van der Waals surface area contributed by atoms with Gasteiger partial charge in [-0.25, -0.2) is 0 Å². The van der Waals surface area contributed by atoms with Crippen LogP contribution in [-0.2, 0) is 17.9 Å². The Morgan fingerprint density at radius 2 is 1.89 bits per heavy atom. The molecule has 2 aromatic carbocycles. The molecular weight excluding hydrogens is 505 g/mol. The summed E-state index contributed by atoms with van der Waals surface area (Å²) in [5.74, 6) is 0.310. The van der Waals surface area contributed by atoms with Crippen LogP contribution in [0.15, 0.2) is 66.3 Å². The van der Waals surface area contributed by atoms with Gasteiger partial charge in [-0.05, 0) is 29.7 Å². The molecule has 0 aliphatic carbocycles. The van der Waals surface area contributed by atoms with Crippen molar-refractivity contribution < 1.29 is 9.59 Å². The van der Waals surface area contributed by atoms with E-state index in [2.05, 4.69) is 27.4 Å². The largest absolute Gasteiger partial charge is 0.351 e. The first-order chi connectivity index (χ1) is 16.8. The lowest BCUT2D eigenvalue weighted by molar-refractivity contribution is -0.118. The highest BCUT2D eigenvalue weighted by molar-refractivity contribution is 7.99. The highest BCUT2D eigenvalue weighted by Crippen LogP contribution is 2.27. The summed E-state index contributed by atoms with van der Waals surface area (Å²) in [6.45, 7) is 8.67. The van der Waals surface area contributed by atoms with E-state index in [1.807, 2.05) is 48.7 Å². The number of aromatic nitrogens is 3. The maximum absolute atomic E-state index is 13.0. The summed E-state index contributed by atoms with van der Waals surface area (Å²) >= 11 is 13.5. The van der Waals surface area contributed by atoms with Crippen LogP contribution >= 0.6 is 35.0 Å². The molecule has 0 unspecified atom stereocenters. The SMILES string of the molecule is C=CCn1c(SCC(=O)NCc2ccccc2)nnc1[C@H](NC(=O)c1ccc(Cl)cc1Cl)C(C)C. The van der Waals surface area contributed by atoms with Crippen LogP contribution in [-0.4, -0.2) is 32.3 Å². The molecule has 0 radical (unpaired) electrons. The van der Waals surface area contributed by atoms with E-state index in [1.54, 1.807) is 18.2 Å². The Kier molecular flexibility index (Phi) is 9.77. The van der Waals surface area contributed by atoms with Gasteiger partial charge in [0.1, 0.15) is 0 Å². The van der Waals surface area contributed by atoms with E-state index in [0.29, 0.717) is 34.7 Å². The summed E-state index contributed by atoms with van der Waals surface area (Å²) in [7, 11) is 0. The fraction of sp³-hybridized carbons (Fsp3) is 0.280. The third-order valence-electron chi connectivity index (χ3n) is 5.13. The lowest BCUT2D eigenvalue weighted by Gasteiger charge is -2.23. The molecule has 0 bridgehead atoms. The quantitative estimate of drug-likeness (QED) is 0.258. The molecule has 1 heterocycles. The minimum atomic E-state index is -0.442. The number of hydrogen-bond acceptors (Lipinski definition) is 5. The summed E-state index contributed by atoms with van der Waals surface area (Å²) in [5, 5.41) is 15.8. The number of carbonyl (C=O) groups is 2. The van der Waals surface area contributed by atoms with E-state index >= 15 is 0 Å². The zero-order valence-electron chi connectivity index (χ0n) is 19.5. The summed E-state index contributed by atoms with van der Waals surface area (Å²) in [6, 6.07) is 14.0. The average molecular weight is 532 g/mol. The van der Waals surface area contributed by atoms with Gasteiger partial charge in [-0.3, -0.25) is 9.59 Å². The zero-order valence-corrected chi connectivity index (χ0v) is 21.8. The Bertz CT molecular complexity index is 1180. The van der Waals surface area contributed by atoms with Crippen LogP contribution in [0, 0.1) is 5.92 Å². The van der Waals surface area contributed by atoms with Crippen LogP contribution in [0.25, 0.3) is 0 Å². The number of nitrogens with one attached hydrogen (secondary N) is 2. The van der Waals surface area contributed by atoms with Crippen LogP contribution in [0.4, 0.5) is 0 Å². The monoisotopic (exact) mass is 531 g/mol. The molecule has 0 aliphatic rings. The second-order valence-corrected chi connectivity index (χ2v) is 9.90. The van der Waals surface area contributed by atoms with Crippen LogP contribution in [0.2, 0.25) is 10.0 Å². The fourth-order valence-corrected chi connectivity index (χ4v) is 4.62. The van der Waals surface area contributed by atoms with E-state index in [4.69, 9.17) is 23.2 Å². The smallest absolute Gasteiger partial charge is 0.253 e. The van der Waals surface area contributed by atoms with Crippen molar-refractivity contribution in [2.45, 2.75) is 38.1 Å². The van der Waals surface area contributed by atoms with E-state index in [0.717, 1.165) is 5.56 Å². The van der Waals surface area contributed by atoms with Gasteiger partial charge in [0.15, 0.2) is 11.0 Å². The average Bonchev–Trinajstić information content (AvgIpc) is 3.22.